The number of carboxylic acids is 1. The Morgan fingerprint density at radius 3 is 1.29 bits per heavy atom. The lowest BCUT2D eigenvalue weighted by atomic mass is 10.0. The molecule has 0 aliphatic carbocycles. The monoisotopic (exact) mass is 681 g/mol. The first-order valence-corrected chi connectivity index (χ1v) is 20.9. The summed E-state index contributed by atoms with van der Waals surface area (Å²) in [5, 5.41) is 11.9. The molecule has 7 nitrogen and oxygen atoms in total. The molecule has 2 unspecified atom stereocenters. The van der Waals surface area contributed by atoms with Crippen LogP contribution >= 0.6 is 0 Å². The van der Waals surface area contributed by atoms with Crippen molar-refractivity contribution in [3.05, 3.63) is 0 Å². The molecule has 0 rings (SSSR count). The molecule has 284 valence electrons. The Hall–Kier alpha value is -1.63. The van der Waals surface area contributed by atoms with Gasteiger partial charge >= 0.3 is 11.9 Å². The fourth-order valence-electron chi connectivity index (χ4n) is 6.51. The standard InChI is InChI=1S/C41H80N2O5/c1-3-5-7-9-11-13-14-15-16-17-18-20-25-29-35-40(45)48-37(31-26-22-19-12-10-8-6-4-2)32-27-23-21-24-28-34-39(44)43-38(41(46)47)33-30-36-42/h37-38H,3-36,42H2,1-2H3,(H,43,44)(H,46,47). The summed E-state index contributed by atoms with van der Waals surface area (Å²) in [6, 6.07) is -0.851. The second kappa shape index (κ2) is 36.6. The number of nitrogens with one attached hydrogen (secondary N) is 1. The number of nitrogens with two attached hydrogens (primary N) is 1. The molecule has 0 spiro atoms. The molecule has 0 radical (unpaired) electrons. The highest BCUT2D eigenvalue weighted by atomic mass is 16.5. The second-order valence-corrected chi connectivity index (χ2v) is 14.4. The third-order valence-corrected chi connectivity index (χ3v) is 9.67. The number of amides is 1. The number of unbranched alkanes of at least 4 members (excludes halogenated alkanes) is 24. The Labute approximate surface area is 297 Å². The van der Waals surface area contributed by atoms with Gasteiger partial charge in [0.15, 0.2) is 0 Å². The van der Waals surface area contributed by atoms with Crippen LogP contribution in [0.3, 0.4) is 0 Å². The maximum Gasteiger partial charge on any atom is 0.326 e. The summed E-state index contributed by atoms with van der Waals surface area (Å²) in [6.45, 7) is 4.94. The average Bonchev–Trinajstić information content (AvgIpc) is 3.07. The number of carbonyl (C=O) groups is 3. The minimum Gasteiger partial charge on any atom is -0.480 e. The van der Waals surface area contributed by atoms with E-state index in [0.717, 1.165) is 64.2 Å². The number of aliphatic carboxylic acids is 1. The molecule has 0 heterocycles. The van der Waals surface area contributed by atoms with Crippen molar-refractivity contribution in [2.75, 3.05) is 6.54 Å². The zero-order valence-corrected chi connectivity index (χ0v) is 31.9. The number of carbonyl (C=O) groups excluding carboxylic acids is 2. The van der Waals surface area contributed by atoms with Crippen LogP contribution in [0.4, 0.5) is 0 Å². The molecule has 48 heavy (non-hydrogen) atoms. The van der Waals surface area contributed by atoms with Gasteiger partial charge in [0.1, 0.15) is 12.1 Å². The van der Waals surface area contributed by atoms with Crippen molar-refractivity contribution >= 4 is 17.8 Å². The molecule has 0 aliphatic heterocycles. The molecule has 1 amide bonds. The summed E-state index contributed by atoms with van der Waals surface area (Å²) in [6.07, 6.45) is 37.2. The van der Waals surface area contributed by atoms with E-state index in [4.69, 9.17) is 10.5 Å². The van der Waals surface area contributed by atoms with E-state index < -0.39 is 12.0 Å². The van der Waals surface area contributed by atoms with Crippen molar-refractivity contribution in [3.8, 4) is 0 Å². The second-order valence-electron chi connectivity index (χ2n) is 14.4. The summed E-state index contributed by atoms with van der Waals surface area (Å²) in [5.74, 6) is -1.22. The van der Waals surface area contributed by atoms with Gasteiger partial charge in [0.05, 0.1) is 0 Å². The van der Waals surface area contributed by atoms with Gasteiger partial charge in [-0.15, -0.1) is 0 Å². The quantitative estimate of drug-likeness (QED) is 0.0441. The molecule has 0 aromatic heterocycles. The van der Waals surface area contributed by atoms with Crippen molar-refractivity contribution in [3.63, 3.8) is 0 Å². The van der Waals surface area contributed by atoms with Crippen molar-refractivity contribution < 1.29 is 24.2 Å². The van der Waals surface area contributed by atoms with E-state index in [9.17, 15) is 19.5 Å². The minimum absolute atomic E-state index is 0.0179. The van der Waals surface area contributed by atoms with Gasteiger partial charge in [-0.25, -0.2) is 4.79 Å². The normalized spacial score (nSPS) is 12.6. The first-order chi connectivity index (χ1) is 23.4. The molecule has 0 saturated heterocycles. The van der Waals surface area contributed by atoms with Crippen LogP contribution in [0.5, 0.6) is 0 Å². The first kappa shape index (κ1) is 46.4. The van der Waals surface area contributed by atoms with Gasteiger partial charge in [-0.1, -0.05) is 162 Å². The fraction of sp³-hybridized carbons (Fsp3) is 0.927. The van der Waals surface area contributed by atoms with Crippen LogP contribution in [0.15, 0.2) is 0 Å². The topological polar surface area (TPSA) is 119 Å². The summed E-state index contributed by atoms with van der Waals surface area (Å²) in [7, 11) is 0. The zero-order chi connectivity index (χ0) is 35.3. The van der Waals surface area contributed by atoms with E-state index >= 15 is 0 Å². The van der Waals surface area contributed by atoms with Gasteiger partial charge in [-0.05, 0) is 57.9 Å². The summed E-state index contributed by atoms with van der Waals surface area (Å²) in [5.41, 5.74) is 5.47. The molecule has 0 fully saturated rings. The number of carboxylic acid groups (broad SMARTS) is 1. The molecule has 0 saturated carbocycles. The maximum absolute atomic E-state index is 12.7. The smallest absolute Gasteiger partial charge is 0.326 e. The lowest BCUT2D eigenvalue weighted by Crippen LogP contribution is -2.40. The number of esters is 1. The number of hydrogen-bond donors (Lipinski definition) is 3. The SMILES string of the molecule is CCCCCCCCCCCCCCCCC(=O)OC(CCCCCCCCCC)CCCCCCCC(=O)NC(CCCN)C(=O)O. The third kappa shape index (κ3) is 32.9. The van der Waals surface area contributed by atoms with Crippen LogP contribution in [0.1, 0.15) is 226 Å². The predicted molar refractivity (Wildman–Crippen MR) is 202 cm³/mol. The van der Waals surface area contributed by atoms with Crippen molar-refractivity contribution in [2.24, 2.45) is 5.73 Å². The Morgan fingerprint density at radius 1 is 0.521 bits per heavy atom. The van der Waals surface area contributed by atoms with Gasteiger partial charge in [0, 0.05) is 12.8 Å². The Morgan fingerprint density at radius 2 is 0.896 bits per heavy atom. The van der Waals surface area contributed by atoms with Gasteiger partial charge in [0.25, 0.3) is 0 Å². The molecular weight excluding hydrogens is 600 g/mol. The molecule has 7 heteroatoms. The largest absolute Gasteiger partial charge is 0.480 e. The third-order valence-electron chi connectivity index (χ3n) is 9.67. The van der Waals surface area contributed by atoms with Crippen LogP contribution < -0.4 is 11.1 Å². The number of rotatable bonds is 38. The van der Waals surface area contributed by atoms with Crippen molar-refractivity contribution in [1.29, 1.82) is 0 Å². The van der Waals surface area contributed by atoms with Crippen molar-refractivity contribution in [1.82, 2.24) is 5.32 Å². The first-order valence-electron chi connectivity index (χ1n) is 20.9. The number of ether oxygens (including phenoxy) is 1. The van der Waals surface area contributed by atoms with E-state index in [1.165, 1.54) is 122 Å². The molecule has 0 aromatic rings. The lowest BCUT2D eigenvalue weighted by molar-refractivity contribution is -0.150. The van der Waals surface area contributed by atoms with E-state index in [2.05, 4.69) is 19.2 Å². The predicted octanol–water partition coefficient (Wildman–Crippen LogP) is 11.3. The summed E-state index contributed by atoms with van der Waals surface area (Å²) < 4.78 is 6.02. The van der Waals surface area contributed by atoms with E-state index in [0.29, 0.717) is 32.2 Å². The van der Waals surface area contributed by atoms with Crippen LogP contribution in [0, 0.1) is 0 Å². The van der Waals surface area contributed by atoms with E-state index in [1.807, 2.05) is 0 Å². The van der Waals surface area contributed by atoms with Gasteiger partial charge in [0.2, 0.25) is 5.91 Å². The van der Waals surface area contributed by atoms with E-state index in [-0.39, 0.29) is 18.0 Å². The molecule has 0 aliphatic rings. The van der Waals surface area contributed by atoms with Gasteiger partial charge in [-0.2, -0.15) is 0 Å². The fourth-order valence-corrected chi connectivity index (χ4v) is 6.51. The Bertz CT molecular complexity index is 732. The summed E-state index contributed by atoms with van der Waals surface area (Å²) in [4.78, 5) is 36.2. The minimum atomic E-state index is -1.00. The van der Waals surface area contributed by atoms with Crippen LogP contribution in [-0.2, 0) is 19.1 Å². The Balaban J connectivity index is 4.19. The van der Waals surface area contributed by atoms with Crippen LogP contribution in [0.2, 0.25) is 0 Å². The van der Waals surface area contributed by atoms with E-state index in [1.54, 1.807) is 0 Å². The molecule has 0 bridgehead atoms. The van der Waals surface area contributed by atoms with Gasteiger partial charge < -0.3 is 20.9 Å². The highest BCUT2D eigenvalue weighted by Crippen LogP contribution is 2.19. The average molecular weight is 681 g/mol. The highest BCUT2D eigenvalue weighted by molar-refractivity contribution is 5.83. The van der Waals surface area contributed by atoms with Crippen LogP contribution in [-0.4, -0.2) is 41.6 Å². The maximum atomic E-state index is 12.7. The molecule has 0 aromatic carbocycles. The van der Waals surface area contributed by atoms with Crippen molar-refractivity contribution in [2.45, 2.75) is 238 Å². The van der Waals surface area contributed by atoms with Gasteiger partial charge in [-0.3, -0.25) is 9.59 Å². The molecule has 4 N–H and O–H groups in total. The lowest BCUT2D eigenvalue weighted by Gasteiger charge is -2.18. The zero-order valence-electron chi connectivity index (χ0n) is 31.9. The molecule has 2 atom stereocenters. The number of hydrogen-bond acceptors (Lipinski definition) is 5. The van der Waals surface area contributed by atoms with Crippen LogP contribution in [0.25, 0.3) is 0 Å². The summed E-state index contributed by atoms with van der Waals surface area (Å²) >= 11 is 0. The molecular formula is C41H80N2O5. The Kier molecular flexibility index (Phi) is 35.4. The highest BCUT2D eigenvalue weighted by Gasteiger charge is 2.19.